The number of carbonyl (C=O) groups is 1. The van der Waals surface area contributed by atoms with Crippen molar-refractivity contribution in [2.75, 3.05) is 20.2 Å². The van der Waals surface area contributed by atoms with Crippen LogP contribution in [0.1, 0.15) is 19.7 Å². The first kappa shape index (κ1) is 13.0. The van der Waals surface area contributed by atoms with Gasteiger partial charge in [0.05, 0.1) is 19.6 Å². The molecule has 0 aliphatic carbocycles. The third-order valence-electron chi connectivity index (χ3n) is 3.55. The number of hydrogen-bond donors (Lipinski definition) is 0. The summed E-state index contributed by atoms with van der Waals surface area (Å²) in [5.74, 6) is 1.15. The number of ether oxygens (including phenoxy) is 1. The number of nitrogens with zero attached hydrogens (tertiary/aromatic N) is 4. The van der Waals surface area contributed by atoms with E-state index in [0.717, 1.165) is 32.0 Å². The maximum Gasteiger partial charge on any atom is 0.310 e. The molecule has 6 heteroatoms. The van der Waals surface area contributed by atoms with Crippen molar-refractivity contribution in [3.63, 3.8) is 0 Å². The fourth-order valence-electron chi connectivity index (χ4n) is 2.53. The summed E-state index contributed by atoms with van der Waals surface area (Å²) >= 11 is 0. The van der Waals surface area contributed by atoms with Gasteiger partial charge in [0, 0.05) is 19.6 Å². The molecular formula is C12H20N4O2. The van der Waals surface area contributed by atoms with Gasteiger partial charge in [-0.05, 0) is 12.8 Å². The highest BCUT2D eigenvalue weighted by atomic mass is 16.5. The Morgan fingerprint density at radius 3 is 3.00 bits per heavy atom. The van der Waals surface area contributed by atoms with Crippen LogP contribution in [0.2, 0.25) is 0 Å². The second-order valence-corrected chi connectivity index (χ2v) is 4.79. The molecule has 1 aromatic rings. The van der Waals surface area contributed by atoms with Crippen LogP contribution in [0, 0.1) is 11.8 Å². The molecule has 1 aliphatic rings. The maximum absolute atomic E-state index is 11.6. The molecule has 0 spiro atoms. The molecule has 1 aromatic heterocycles. The molecule has 2 atom stereocenters. The van der Waals surface area contributed by atoms with Gasteiger partial charge < -0.3 is 4.74 Å². The monoisotopic (exact) mass is 252 g/mol. The maximum atomic E-state index is 11.6. The van der Waals surface area contributed by atoms with Crippen LogP contribution in [0.4, 0.5) is 0 Å². The van der Waals surface area contributed by atoms with Gasteiger partial charge in [-0.25, -0.2) is 9.67 Å². The minimum atomic E-state index is -0.109. The average Bonchev–Trinajstić information content (AvgIpc) is 2.95. The lowest BCUT2D eigenvalue weighted by Crippen LogP contribution is -2.25. The molecule has 2 heterocycles. The Morgan fingerprint density at radius 2 is 2.33 bits per heavy atom. The molecule has 0 amide bonds. The number of aryl methyl sites for hydroxylation is 1. The highest BCUT2D eigenvalue weighted by molar-refractivity contribution is 5.73. The summed E-state index contributed by atoms with van der Waals surface area (Å²) in [6, 6.07) is 0. The predicted octanol–water partition coefficient (Wildman–Crippen LogP) is 0.539. The van der Waals surface area contributed by atoms with E-state index in [1.807, 2.05) is 11.6 Å². The SMILES string of the molecule is CCn1ncnc1CN1CC(C)C(C(=O)OC)C1. The minimum absolute atomic E-state index is 0.0204. The van der Waals surface area contributed by atoms with E-state index in [1.165, 1.54) is 7.11 Å². The molecule has 2 rings (SSSR count). The zero-order chi connectivity index (χ0) is 13.1. The van der Waals surface area contributed by atoms with E-state index < -0.39 is 0 Å². The van der Waals surface area contributed by atoms with Crippen molar-refractivity contribution in [3.05, 3.63) is 12.2 Å². The minimum Gasteiger partial charge on any atom is -0.469 e. The van der Waals surface area contributed by atoms with Crippen molar-refractivity contribution in [1.29, 1.82) is 0 Å². The van der Waals surface area contributed by atoms with Crippen molar-refractivity contribution >= 4 is 5.97 Å². The molecule has 1 aliphatic heterocycles. The Kier molecular flexibility index (Phi) is 3.96. The summed E-state index contributed by atoms with van der Waals surface area (Å²) in [6.45, 7) is 7.33. The molecule has 0 bridgehead atoms. The largest absolute Gasteiger partial charge is 0.469 e. The van der Waals surface area contributed by atoms with Crippen LogP contribution in [0.3, 0.4) is 0 Å². The van der Waals surface area contributed by atoms with E-state index in [0.29, 0.717) is 5.92 Å². The van der Waals surface area contributed by atoms with Gasteiger partial charge in [-0.1, -0.05) is 6.92 Å². The summed E-state index contributed by atoms with van der Waals surface area (Å²) in [5.41, 5.74) is 0. The normalized spacial score (nSPS) is 24.4. The van der Waals surface area contributed by atoms with Gasteiger partial charge in [-0.15, -0.1) is 0 Å². The Morgan fingerprint density at radius 1 is 1.56 bits per heavy atom. The fourth-order valence-corrected chi connectivity index (χ4v) is 2.53. The van der Waals surface area contributed by atoms with Gasteiger partial charge in [0.1, 0.15) is 12.2 Å². The van der Waals surface area contributed by atoms with Crippen LogP contribution in [-0.2, 0) is 22.6 Å². The molecular weight excluding hydrogens is 232 g/mol. The molecule has 0 N–H and O–H groups in total. The van der Waals surface area contributed by atoms with E-state index in [-0.39, 0.29) is 11.9 Å². The van der Waals surface area contributed by atoms with Crippen LogP contribution in [0.5, 0.6) is 0 Å². The third kappa shape index (κ3) is 2.53. The lowest BCUT2D eigenvalue weighted by Gasteiger charge is -2.14. The standard InChI is InChI=1S/C12H20N4O2/c1-4-16-11(13-8-14-16)7-15-5-9(2)10(6-15)12(17)18-3/h8-10H,4-7H2,1-3H3. The van der Waals surface area contributed by atoms with Crippen LogP contribution in [-0.4, -0.2) is 45.8 Å². The van der Waals surface area contributed by atoms with Crippen molar-refractivity contribution in [1.82, 2.24) is 19.7 Å². The summed E-state index contributed by atoms with van der Waals surface area (Å²) in [6.07, 6.45) is 1.58. The lowest BCUT2D eigenvalue weighted by molar-refractivity contribution is -0.146. The van der Waals surface area contributed by atoms with Gasteiger partial charge in [-0.2, -0.15) is 5.10 Å². The number of rotatable bonds is 4. The molecule has 18 heavy (non-hydrogen) atoms. The summed E-state index contributed by atoms with van der Waals surface area (Å²) < 4.78 is 6.72. The number of methoxy groups -OCH3 is 1. The molecule has 1 saturated heterocycles. The molecule has 0 aromatic carbocycles. The molecule has 6 nitrogen and oxygen atoms in total. The average molecular weight is 252 g/mol. The van der Waals surface area contributed by atoms with Crippen molar-refractivity contribution in [2.45, 2.75) is 26.9 Å². The molecule has 100 valence electrons. The Labute approximate surface area is 107 Å². The number of hydrogen-bond acceptors (Lipinski definition) is 5. The third-order valence-corrected chi connectivity index (χ3v) is 3.55. The Balaban J connectivity index is 1.98. The van der Waals surface area contributed by atoms with Crippen LogP contribution in [0.15, 0.2) is 6.33 Å². The van der Waals surface area contributed by atoms with Gasteiger partial charge in [0.15, 0.2) is 0 Å². The second kappa shape index (κ2) is 5.48. The first-order chi connectivity index (χ1) is 8.65. The van der Waals surface area contributed by atoms with Gasteiger partial charge >= 0.3 is 5.97 Å². The van der Waals surface area contributed by atoms with Gasteiger partial charge in [0.2, 0.25) is 0 Å². The number of likely N-dealkylation sites (tertiary alicyclic amines) is 1. The summed E-state index contributed by atoms with van der Waals surface area (Å²) in [4.78, 5) is 18.1. The number of esters is 1. The smallest absolute Gasteiger partial charge is 0.310 e. The number of carbonyl (C=O) groups excluding carboxylic acids is 1. The van der Waals surface area contributed by atoms with Crippen molar-refractivity contribution < 1.29 is 9.53 Å². The molecule has 0 saturated carbocycles. The fraction of sp³-hybridized carbons (Fsp3) is 0.750. The second-order valence-electron chi connectivity index (χ2n) is 4.79. The van der Waals surface area contributed by atoms with E-state index in [4.69, 9.17) is 4.74 Å². The number of aromatic nitrogens is 3. The zero-order valence-electron chi connectivity index (χ0n) is 11.2. The lowest BCUT2D eigenvalue weighted by atomic mass is 9.99. The highest BCUT2D eigenvalue weighted by Gasteiger charge is 2.35. The highest BCUT2D eigenvalue weighted by Crippen LogP contribution is 2.25. The molecule has 0 radical (unpaired) electrons. The van der Waals surface area contributed by atoms with E-state index in [9.17, 15) is 4.79 Å². The van der Waals surface area contributed by atoms with Crippen molar-refractivity contribution in [3.8, 4) is 0 Å². The summed E-state index contributed by atoms with van der Waals surface area (Å²) in [5, 5.41) is 4.15. The zero-order valence-corrected chi connectivity index (χ0v) is 11.2. The Hall–Kier alpha value is -1.43. The molecule has 1 fully saturated rings. The summed E-state index contributed by atoms with van der Waals surface area (Å²) in [7, 11) is 1.45. The van der Waals surface area contributed by atoms with Crippen LogP contribution >= 0.6 is 0 Å². The predicted molar refractivity (Wildman–Crippen MR) is 65.6 cm³/mol. The molecule has 2 unspecified atom stereocenters. The van der Waals surface area contributed by atoms with Gasteiger partial charge in [0.25, 0.3) is 0 Å². The topological polar surface area (TPSA) is 60.2 Å². The first-order valence-electron chi connectivity index (χ1n) is 6.32. The first-order valence-corrected chi connectivity index (χ1v) is 6.32. The van der Waals surface area contributed by atoms with Crippen LogP contribution < -0.4 is 0 Å². The van der Waals surface area contributed by atoms with E-state index in [2.05, 4.69) is 21.9 Å². The Bertz CT molecular complexity index is 418. The van der Waals surface area contributed by atoms with E-state index in [1.54, 1.807) is 6.33 Å². The van der Waals surface area contributed by atoms with Gasteiger partial charge in [-0.3, -0.25) is 9.69 Å². The van der Waals surface area contributed by atoms with Crippen molar-refractivity contribution in [2.24, 2.45) is 11.8 Å². The van der Waals surface area contributed by atoms with E-state index >= 15 is 0 Å². The van der Waals surface area contributed by atoms with Crippen LogP contribution in [0.25, 0.3) is 0 Å². The quantitative estimate of drug-likeness (QED) is 0.732.